The highest BCUT2D eigenvalue weighted by Gasteiger charge is 2.41. The topological polar surface area (TPSA) is 76.4 Å². The highest BCUT2D eigenvalue weighted by molar-refractivity contribution is 5.89. The lowest BCUT2D eigenvalue weighted by molar-refractivity contribution is -0.135. The van der Waals surface area contributed by atoms with Crippen molar-refractivity contribution < 1.29 is 9.59 Å². The molecule has 3 rings (SSSR count). The van der Waals surface area contributed by atoms with Gasteiger partial charge in [-0.1, -0.05) is 31.0 Å². The molecule has 0 aromatic heterocycles. The molecule has 6 nitrogen and oxygen atoms in total. The summed E-state index contributed by atoms with van der Waals surface area (Å²) in [5.41, 5.74) is 0.242. The standard InChI is InChI=1S/C19H24N4O2/c20-15-19(8-4-5-9-19)18(25)21-14-17(24)23-12-10-22(11-13-23)16-6-2-1-3-7-16/h1-3,6-7H,4-5,8-14H2,(H,21,25). The van der Waals surface area contributed by atoms with Crippen molar-refractivity contribution in [3.05, 3.63) is 30.3 Å². The van der Waals surface area contributed by atoms with E-state index in [9.17, 15) is 14.9 Å². The van der Waals surface area contributed by atoms with Gasteiger partial charge in [0.05, 0.1) is 12.6 Å². The van der Waals surface area contributed by atoms with Crippen LogP contribution in [0, 0.1) is 16.7 Å². The number of anilines is 1. The quantitative estimate of drug-likeness (QED) is 0.902. The van der Waals surface area contributed by atoms with Crippen LogP contribution >= 0.6 is 0 Å². The minimum absolute atomic E-state index is 0.0202. The average molecular weight is 340 g/mol. The normalized spacial score (nSPS) is 19.3. The van der Waals surface area contributed by atoms with Crippen molar-refractivity contribution in [1.82, 2.24) is 10.2 Å². The summed E-state index contributed by atoms with van der Waals surface area (Å²) in [5, 5.41) is 12.0. The van der Waals surface area contributed by atoms with Crippen LogP contribution in [0.2, 0.25) is 0 Å². The fourth-order valence-corrected chi connectivity index (χ4v) is 3.66. The summed E-state index contributed by atoms with van der Waals surface area (Å²) in [6.07, 6.45) is 2.99. The number of rotatable bonds is 4. The number of carbonyl (C=O) groups is 2. The molecule has 1 aromatic rings. The van der Waals surface area contributed by atoms with Crippen LogP contribution in [0.25, 0.3) is 0 Å². The Hall–Kier alpha value is -2.55. The molecule has 1 N–H and O–H groups in total. The van der Waals surface area contributed by atoms with Crippen LogP contribution in [0.4, 0.5) is 5.69 Å². The molecule has 0 radical (unpaired) electrons. The number of nitrogens with one attached hydrogen (secondary N) is 1. The Bertz CT molecular complexity index is 654. The number of hydrogen-bond acceptors (Lipinski definition) is 4. The van der Waals surface area contributed by atoms with Crippen LogP contribution in [-0.4, -0.2) is 49.4 Å². The zero-order valence-corrected chi connectivity index (χ0v) is 14.4. The van der Waals surface area contributed by atoms with Crippen molar-refractivity contribution in [3.8, 4) is 6.07 Å². The van der Waals surface area contributed by atoms with Gasteiger partial charge in [-0.15, -0.1) is 0 Å². The third-order valence-corrected chi connectivity index (χ3v) is 5.26. The fraction of sp³-hybridized carbons (Fsp3) is 0.526. The molecule has 0 unspecified atom stereocenters. The summed E-state index contributed by atoms with van der Waals surface area (Å²) in [5.74, 6) is -0.365. The summed E-state index contributed by atoms with van der Waals surface area (Å²) >= 11 is 0. The van der Waals surface area contributed by atoms with Crippen LogP contribution < -0.4 is 10.2 Å². The van der Waals surface area contributed by atoms with Gasteiger partial charge in [0.25, 0.3) is 0 Å². The van der Waals surface area contributed by atoms with E-state index in [1.54, 1.807) is 4.90 Å². The average Bonchev–Trinajstić information content (AvgIpc) is 3.17. The number of carbonyl (C=O) groups excluding carboxylic acids is 2. The fourth-order valence-electron chi connectivity index (χ4n) is 3.66. The molecule has 1 saturated heterocycles. The summed E-state index contributed by atoms with van der Waals surface area (Å²) in [4.78, 5) is 28.7. The molecular weight excluding hydrogens is 316 g/mol. The molecule has 2 aliphatic rings. The molecule has 1 aromatic carbocycles. The van der Waals surface area contributed by atoms with Crippen LogP contribution in [0.1, 0.15) is 25.7 Å². The van der Waals surface area contributed by atoms with E-state index < -0.39 is 5.41 Å². The van der Waals surface area contributed by atoms with E-state index in [1.807, 2.05) is 18.2 Å². The number of nitriles is 1. The number of piperazine rings is 1. The van der Waals surface area contributed by atoms with E-state index in [1.165, 1.54) is 5.69 Å². The van der Waals surface area contributed by atoms with Gasteiger partial charge in [-0.2, -0.15) is 5.26 Å². The maximum atomic E-state index is 12.4. The lowest BCUT2D eigenvalue weighted by Crippen LogP contribution is -2.52. The monoisotopic (exact) mass is 340 g/mol. The maximum absolute atomic E-state index is 12.4. The Kier molecular flexibility index (Phi) is 5.22. The van der Waals surface area contributed by atoms with Crippen molar-refractivity contribution in [1.29, 1.82) is 5.26 Å². The first-order valence-electron chi connectivity index (χ1n) is 8.92. The smallest absolute Gasteiger partial charge is 0.242 e. The highest BCUT2D eigenvalue weighted by Crippen LogP contribution is 2.37. The third kappa shape index (κ3) is 3.76. The lowest BCUT2D eigenvalue weighted by atomic mass is 9.87. The van der Waals surface area contributed by atoms with E-state index in [0.29, 0.717) is 25.9 Å². The number of amides is 2. The largest absolute Gasteiger partial charge is 0.368 e. The Morgan fingerprint density at radius 2 is 1.72 bits per heavy atom. The number of nitrogens with zero attached hydrogens (tertiary/aromatic N) is 3. The third-order valence-electron chi connectivity index (χ3n) is 5.26. The molecule has 1 aliphatic carbocycles. The van der Waals surface area contributed by atoms with E-state index in [4.69, 9.17) is 0 Å². The molecule has 1 heterocycles. The van der Waals surface area contributed by atoms with Gasteiger partial charge in [-0.05, 0) is 25.0 Å². The first-order valence-corrected chi connectivity index (χ1v) is 8.92. The lowest BCUT2D eigenvalue weighted by Gasteiger charge is -2.36. The molecule has 0 spiro atoms. The predicted octanol–water partition coefficient (Wildman–Crippen LogP) is 1.54. The van der Waals surface area contributed by atoms with Gasteiger partial charge >= 0.3 is 0 Å². The van der Waals surface area contributed by atoms with Crippen molar-refractivity contribution in [2.24, 2.45) is 5.41 Å². The minimum Gasteiger partial charge on any atom is -0.368 e. The molecule has 1 saturated carbocycles. The first kappa shape index (κ1) is 17.3. The number of benzene rings is 1. The van der Waals surface area contributed by atoms with Crippen LogP contribution in [0.15, 0.2) is 30.3 Å². The Labute approximate surface area is 148 Å². The molecular formula is C19H24N4O2. The van der Waals surface area contributed by atoms with E-state index in [2.05, 4.69) is 28.4 Å². The molecule has 6 heteroatoms. The second kappa shape index (κ2) is 7.56. The van der Waals surface area contributed by atoms with Gasteiger partial charge < -0.3 is 15.1 Å². The molecule has 2 amide bonds. The summed E-state index contributed by atoms with van der Waals surface area (Å²) in [6.45, 7) is 2.84. The van der Waals surface area contributed by atoms with Gasteiger partial charge in [0.1, 0.15) is 5.41 Å². The Morgan fingerprint density at radius 3 is 2.32 bits per heavy atom. The SMILES string of the molecule is N#CC1(C(=O)NCC(=O)N2CCN(c3ccccc3)CC2)CCCC1. The van der Waals surface area contributed by atoms with Gasteiger partial charge in [0.2, 0.25) is 11.8 Å². The second-order valence-corrected chi connectivity index (χ2v) is 6.79. The zero-order chi connectivity index (χ0) is 17.7. The molecule has 25 heavy (non-hydrogen) atoms. The van der Waals surface area contributed by atoms with Gasteiger partial charge in [-0.25, -0.2) is 0 Å². The second-order valence-electron chi connectivity index (χ2n) is 6.79. The molecule has 0 bridgehead atoms. The van der Waals surface area contributed by atoms with E-state index >= 15 is 0 Å². The van der Waals surface area contributed by atoms with Crippen LogP contribution in [0.5, 0.6) is 0 Å². The first-order chi connectivity index (χ1) is 12.1. The van der Waals surface area contributed by atoms with Crippen molar-refractivity contribution in [2.45, 2.75) is 25.7 Å². The van der Waals surface area contributed by atoms with Gasteiger partial charge in [-0.3, -0.25) is 9.59 Å². The van der Waals surface area contributed by atoms with Crippen molar-refractivity contribution in [2.75, 3.05) is 37.6 Å². The minimum atomic E-state index is -0.924. The van der Waals surface area contributed by atoms with E-state index in [0.717, 1.165) is 25.9 Å². The summed E-state index contributed by atoms with van der Waals surface area (Å²) < 4.78 is 0. The van der Waals surface area contributed by atoms with Crippen molar-refractivity contribution >= 4 is 17.5 Å². The van der Waals surface area contributed by atoms with Crippen molar-refractivity contribution in [3.63, 3.8) is 0 Å². The van der Waals surface area contributed by atoms with Crippen LogP contribution in [-0.2, 0) is 9.59 Å². The summed E-state index contributed by atoms with van der Waals surface area (Å²) in [7, 11) is 0. The van der Waals surface area contributed by atoms with Gasteiger partial charge in [0, 0.05) is 31.9 Å². The predicted molar refractivity (Wildman–Crippen MR) is 94.8 cm³/mol. The molecule has 0 atom stereocenters. The van der Waals surface area contributed by atoms with Crippen LogP contribution in [0.3, 0.4) is 0 Å². The Morgan fingerprint density at radius 1 is 1.08 bits per heavy atom. The van der Waals surface area contributed by atoms with E-state index in [-0.39, 0.29) is 18.4 Å². The molecule has 1 aliphatic heterocycles. The molecule has 2 fully saturated rings. The maximum Gasteiger partial charge on any atom is 0.242 e. The number of para-hydroxylation sites is 1. The number of hydrogen-bond donors (Lipinski definition) is 1. The Balaban J connectivity index is 1.47. The highest BCUT2D eigenvalue weighted by atomic mass is 16.2. The zero-order valence-electron chi connectivity index (χ0n) is 14.4. The van der Waals surface area contributed by atoms with Gasteiger partial charge in [0.15, 0.2) is 0 Å². The molecule has 132 valence electrons. The summed E-state index contributed by atoms with van der Waals surface area (Å²) in [6, 6.07) is 12.3.